The van der Waals surface area contributed by atoms with Gasteiger partial charge in [-0.2, -0.15) is 0 Å². The van der Waals surface area contributed by atoms with E-state index in [0.29, 0.717) is 28.7 Å². The highest BCUT2D eigenvalue weighted by molar-refractivity contribution is 6.42. The average molecular weight is 301 g/mol. The van der Waals surface area contributed by atoms with Crippen LogP contribution in [0.2, 0.25) is 10.0 Å². The highest BCUT2D eigenvalue weighted by Crippen LogP contribution is 2.30. The van der Waals surface area contributed by atoms with Gasteiger partial charge < -0.3 is 4.90 Å². The number of amides is 3. The van der Waals surface area contributed by atoms with E-state index < -0.39 is 0 Å². The largest absolute Gasteiger partial charge is 0.331 e. The maximum absolute atomic E-state index is 12.3. The summed E-state index contributed by atoms with van der Waals surface area (Å²) in [6.45, 7) is 4.31. The average Bonchev–Trinajstić information content (AvgIpc) is 2.33. The quantitative estimate of drug-likeness (QED) is 0.838. The zero-order valence-corrected chi connectivity index (χ0v) is 12.2. The molecular weight excluding hydrogens is 287 g/mol. The molecule has 0 aromatic heterocycles. The summed E-state index contributed by atoms with van der Waals surface area (Å²) in [6.07, 6.45) is 0.305. The number of benzene rings is 1. The molecule has 2 rings (SSSR count). The van der Waals surface area contributed by atoms with Gasteiger partial charge in [-0.05, 0) is 32.0 Å². The molecule has 0 radical (unpaired) electrons. The highest BCUT2D eigenvalue weighted by atomic mass is 35.5. The van der Waals surface area contributed by atoms with Crippen LogP contribution in [-0.2, 0) is 4.79 Å². The molecular formula is C13H14Cl2N2O2. The van der Waals surface area contributed by atoms with Crippen LogP contribution in [0.4, 0.5) is 10.5 Å². The number of carbonyl (C=O) groups is 2. The summed E-state index contributed by atoms with van der Waals surface area (Å²) in [5.41, 5.74) is 0.453. The van der Waals surface area contributed by atoms with Crippen LogP contribution < -0.4 is 4.90 Å². The van der Waals surface area contributed by atoms with Crippen molar-refractivity contribution in [2.24, 2.45) is 0 Å². The number of urea groups is 1. The van der Waals surface area contributed by atoms with Crippen LogP contribution in [0.5, 0.6) is 0 Å². The van der Waals surface area contributed by atoms with Crippen LogP contribution >= 0.6 is 23.2 Å². The van der Waals surface area contributed by atoms with E-state index >= 15 is 0 Å². The van der Waals surface area contributed by atoms with Gasteiger partial charge in [-0.3, -0.25) is 4.79 Å². The van der Waals surface area contributed by atoms with Gasteiger partial charge in [0.25, 0.3) is 0 Å². The summed E-state index contributed by atoms with van der Waals surface area (Å²) in [5, 5.41) is 0.712. The Kier molecular flexibility index (Phi) is 4.02. The molecule has 1 aliphatic heterocycles. The Balaban J connectivity index is 2.39. The third-order valence-electron chi connectivity index (χ3n) is 3.19. The number of nitrogens with zero attached hydrogens (tertiary/aromatic N) is 2. The van der Waals surface area contributed by atoms with Crippen molar-refractivity contribution in [3.05, 3.63) is 28.2 Å². The van der Waals surface area contributed by atoms with E-state index in [4.69, 9.17) is 23.2 Å². The standard InChI is InChI=1S/C13H14Cl2N2O2/c1-3-16-8(2)6-12(18)17(13(16)19)9-4-5-10(14)11(15)7-9/h4-5,7-8H,3,6H2,1-2H3. The van der Waals surface area contributed by atoms with Crippen LogP contribution in [0.25, 0.3) is 0 Å². The summed E-state index contributed by atoms with van der Waals surface area (Å²) >= 11 is 11.8. The van der Waals surface area contributed by atoms with Crippen molar-refractivity contribution >= 4 is 40.8 Å². The van der Waals surface area contributed by atoms with Crippen LogP contribution in [0.3, 0.4) is 0 Å². The minimum absolute atomic E-state index is 0.0796. The van der Waals surface area contributed by atoms with Crippen LogP contribution in [0, 0.1) is 0 Å². The van der Waals surface area contributed by atoms with Crippen molar-refractivity contribution < 1.29 is 9.59 Å². The normalized spacial score (nSPS) is 20.1. The Morgan fingerprint density at radius 2 is 1.95 bits per heavy atom. The van der Waals surface area contributed by atoms with Gasteiger partial charge in [0.15, 0.2) is 0 Å². The molecule has 3 amide bonds. The summed E-state index contributed by atoms with van der Waals surface area (Å²) < 4.78 is 0. The van der Waals surface area contributed by atoms with Crippen LogP contribution in [0.15, 0.2) is 18.2 Å². The Morgan fingerprint density at radius 3 is 2.53 bits per heavy atom. The van der Waals surface area contributed by atoms with Gasteiger partial charge in [0.2, 0.25) is 5.91 Å². The number of halogens is 2. The summed E-state index contributed by atoms with van der Waals surface area (Å²) in [6, 6.07) is 4.33. The van der Waals surface area contributed by atoms with Gasteiger partial charge in [-0.25, -0.2) is 9.69 Å². The molecule has 1 aliphatic rings. The first-order chi connectivity index (χ1) is 8.95. The van der Waals surface area contributed by atoms with Gasteiger partial charge >= 0.3 is 6.03 Å². The maximum atomic E-state index is 12.3. The molecule has 1 atom stereocenters. The van der Waals surface area contributed by atoms with Gasteiger partial charge in [-0.15, -0.1) is 0 Å². The molecule has 1 heterocycles. The molecule has 1 unspecified atom stereocenters. The van der Waals surface area contributed by atoms with Gasteiger partial charge in [-0.1, -0.05) is 23.2 Å². The second-order valence-electron chi connectivity index (χ2n) is 4.45. The van der Waals surface area contributed by atoms with Crippen molar-refractivity contribution in [2.75, 3.05) is 11.4 Å². The van der Waals surface area contributed by atoms with E-state index in [2.05, 4.69) is 0 Å². The van der Waals surface area contributed by atoms with E-state index in [1.54, 1.807) is 17.0 Å². The molecule has 19 heavy (non-hydrogen) atoms. The lowest BCUT2D eigenvalue weighted by atomic mass is 10.1. The molecule has 1 saturated heterocycles. The molecule has 1 aromatic rings. The fourth-order valence-electron chi connectivity index (χ4n) is 2.20. The van der Waals surface area contributed by atoms with Crippen molar-refractivity contribution in [1.29, 1.82) is 0 Å². The fourth-order valence-corrected chi connectivity index (χ4v) is 2.50. The lowest BCUT2D eigenvalue weighted by molar-refractivity contribution is -0.120. The smallest absolute Gasteiger partial charge is 0.321 e. The lowest BCUT2D eigenvalue weighted by Gasteiger charge is -2.38. The van der Waals surface area contributed by atoms with Gasteiger partial charge in [0, 0.05) is 19.0 Å². The molecule has 0 spiro atoms. The fraction of sp³-hybridized carbons (Fsp3) is 0.385. The molecule has 4 nitrogen and oxygen atoms in total. The van der Waals surface area contributed by atoms with E-state index in [9.17, 15) is 9.59 Å². The Labute approximate surface area is 121 Å². The number of hydrogen-bond donors (Lipinski definition) is 0. The molecule has 0 aliphatic carbocycles. The zero-order chi connectivity index (χ0) is 14.2. The van der Waals surface area contributed by atoms with Crippen molar-refractivity contribution in [1.82, 2.24) is 4.90 Å². The second-order valence-corrected chi connectivity index (χ2v) is 5.26. The number of rotatable bonds is 2. The Morgan fingerprint density at radius 1 is 1.26 bits per heavy atom. The first-order valence-electron chi connectivity index (χ1n) is 6.04. The molecule has 0 saturated carbocycles. The number of anilines is 1. The number of imide groups is 1. The van der Waals surface area contributed by atoms with E-state index in [0.717, 1.165) is 4.90 Å². The van der Waals surface area contributed by atoms with E-state index in [-0.39, 0.29) is 18.0 Å². The third-order valence-corrected chi connectivity index (χ3v) is 3.93. The molecule has 1 fully saturated rings. The monoisotopic (exact) mass is 300 g/mol. The number of hydrogen-bond acceptors (Lipinski definition) is 2. The minimum atomic E-state index is -0.315. The predicted octanol–water partition coefficient (Wildman–Crippen LogP) is 3.56. The Hall–Kier alpha value is -1.26. The van der Waals surface area contributed by atoms with Gasteiger partial charge in [0.05, 0.1) is 15.7 Å². The van der Waals surface area contributed by atoms with Crippen LogP contribution in [-0.4, -0.2) is 29.4 Å². The van der Waals surface area contributed by atoms with E-state index in [1.165, 1.54) is 6.07 Å². The summed E-state index contributed by atoms with van der Waals surface area (Å²) in [5.74, 6) is -0.222. The lowest BCUT2D eigenvalue weighted by Crippen LogP contribution is -2.56. The number of carbonyl (C=O) groups excluding carboxylic acids is 2. The maximum Gasteiger partial charge on any atom is 0.331 e. The van der Waals surface area contributed by atoms with Gasteiger partial charge in [0.1, 0.15) is 0 Å². The molecule has 0 bridgehead atoms. The van der Waals surface area contributed by atoms with Crippen LogP contribution in [0.1, 0.15) is 20.3 Å². The zero-order valence-electron chi connectivity index (χ0n) is 10.7. The minimum Gasteiger partial charge on any atom is -0.321 e. The highest BCUT2D eigenvalue weighted by Gasteiger charge is 2.36. The summed E-state index contributed by atoms with van der Waals surface area (Å²) in [7, 11) is 0. The molecule has 1 aromatic carbocycles. The SMILES string of the molecule is CCN1C(=O)N(c2ccc(Cl)c(Cl)c2)C(=O)CC1C. The third kappa shape index (κ3) is 2.55. The first-order valence-corrected chi connectivity index (χ1v) is 6.80. The van der Waals surface area contributed by atoms with Crippen molar-refractivity contribution in [3.63, 3.8) is 0 Å². The topological polar surface area (TPSA) is 40.6 Å². The van der Waals surface area contributed by atoms with Crippen molar-refractivity contribution in [2.45, 2.75) is 26.3 Å². The van der Waals surface area contributed by atoms with E-state index in [1.807, 2.05) is 13.8 Å². The summed E-state index contributed by atoms with van der Waals surface area (Å²) in [4.78, 5) is 27.2. The first kappa shape index (κ1) is 14.2. The molecule has 0 N–H and O–H groups in total. The molecule has 6 heteroatoms. The Bertz CT molecular complexity index is 533. The predicted molar refractivity (Wildman–Crippen MR) is 75.8 cm³/mol. The molecule has 102 valence electrons. The van der Waals surface area contributed by atoms with Crippen molar-refractivity contribution in [3.8, 4) is 0 Å². The second kappa shape index (κ2) is 5.39.